The first kappa shape index (κ1) is 13.9. The van der Waals surface area contributed by atoms with Gasteiger partial charge in [0.05, 0.1) is 12.7 Å². The van der Waals surface area contributed by atoms with Crippen LogP contribution in [-0.4, -0.2) is 37.0 Å². The molecule has 2 N–H and O–H groups in total. The summed E-state index contributed by atoms with van der Waals surface area (Å²) in [5.41, 5.74) is 0. The molecule has 0 aromatic carbocycles. The lowest BCUT2D eigenvalue weighted by atomic mass is 9.79. The van der Waals surface area contributed by atoms with Gasteiger partial charge in [-0.15, -0.1) is 0 Å². The van der Waals surface area contributed by atoms with Crippen molar-refractivity contribution in [3.8, 4) is 0 Å². The molecular weight excluding hydrogens is 202 g/mol. The molecule has 0 bridgehead atoms. The average Bonchev–Trinajstić information content (AvgIpc) is 2.28. The van der Waals surface area contributed by atoms with Gasteiger partial charge in [-0.25, -0.2) is 0 Å². The van der Waals surface area contributed by atoms with E-state index in [4.69, 9.17) is 4.74 Å². The van der Waals surface area contributed by atoms with Crippen molar-refractivity contribution in [1.29, 1.82) is 0 Å². The summed E-state index contributed by atoms with van der Waals surface area (Å²) in [4.78, 5) is 0. The predicted molar refractivity (Wildman–Crippen MR) is 66.5 cm³/mol. The van der Waals surface area contributed by atoms with E-state index in [1.807, 2.05) is 6.92 Å². The molecule has 0 heterocycles. The van der Waals surface area contributed by atoms with E-state index in [0.717, 1.165) is 11.8 Å². The van der Waals surface area contributed by atoms with Crippen LogP contribution in [0.25, 0.3) is 0 Å². The molecule has 0 saturated heterocycles. The quantitative estimate of drug-likeness (QED) is 0.730. The fourth-order valence-electron chi connectivity index (χ4n) is 2.35. The highest BCUT2D eigenvalue weighted by atomic mass is 16.5. The number of aliphatic hydroxyl groups is 1. The van der Waals surface area contributed by atoms with E-state index in [1.54, 1.807) is 0 Å². The standard InChI is InChI=1S/C13H27NO2/c1-4-16-9-13(15)8-14-12-6-5-10(2)11(3)7-12/h10-15H,4-9H2,1-3H3. The van der Waals surface area contributed by atoms with Gasteiger partial charge in [-0.2, -0.15) is 0 Å². The Morgan fingerprint density at radius 1 is 1.31 bits per heavy atom. The zero-order chi connectivity index (χ0) is 12.0. The summed E-state index contributed by atoms with van der Waals surface area (Å²) < 4.78 is 5.18. The Kier molecular flexibility index (Phi) is 6.32. The maximum atomic E-state index is 9.64. The molecule has 4 unspecified atom stereocenters. The van der Waals surface area contributed by atoms with Crippen molar-refractivity contribution < 1.29 is 9.84 Å². The maximum Gasteiger partial charge on any atom is 0.0897 e. The Morgan fingerprint density at radius 3 is 2.69 bits per heavy atom. The molecule has 0 aliphatic heterocycles. The van der Waals surface area contributed by atoms with E-state index >= 15 is 0 Å². The molecule has 16 heavy (non-hydrogen) atoms. The Balaban J connectivity index is 2.13. The van der Waals surface area contributed by atoms with Gasteiger partial charge in [-0.05, 0) is 38.0 Å². The highest BCUT2D eigenvalue weighted by Gasteiger charge is 2.24. The van der Waals surface area contributed by atoms with Crippen LogP contribution < -0.4 is 5.32 Å². The van der Waals surface area contributed by atoms with Crippen LogP contribution in [0.4, 0.5) is 0 Å². The van der Waals surface area contributed by atoms with Crippen LogP contribution in [0.3, 0.4) is 0 Å². The van der Waals surface area contributed by atoms with Gasteiger partial charge in [0.15, 0.2) is 0 Å². The minimum atomic E-state index is -0.366. The molecule has 96 valence electrons. The summed E-state index contributed by atoms with van der Waals surface area (Å²) in [6.07, 6.45) is 3.42. The van der Waals surface area contributed by atoms with Crippen LogP contribution in [0, 0.1) is 11.8 Å². The predicted octanol–water partition coefficient (Wildman–Crippen LogP) is 1.80. The zero-order valence-corrected chi connectivity index (χ0v) is 10.9. The smallest absolute Gasteiger partial charge is 0.0897 e. The van der Waals surface area contributed by atoms with Crippen molar-refractivity contribution in [2.75, 3.05) is 19.8 Å². The van der Waals surface area contributed by atoms with Crippen LogP contribution in [0.1, 0.15) is 40.0 Å². The van der Waals surface area contributed by atoms with Gasteiger partial charge >= 0.3 is 0 Å². The fourth-order valence-corrected chi connectivity index (χ4v) is 2.35. The summed E-state index contributed by atoms with van der Waals surface area (Å²) in [5, 5.41) is 13.1. The minimum Gasteiger partial charge on any atom is -0.389 e. The molecule has 0 aromatic heterocycles. The lowest BCUT2D eigenvalue weighted by Gasteiger charge is -2.33. The summed E-state index contributed by atoms with van der Waals surface area (Å²) in [6, 6.07) is 0.586. The van der Waals surface area contributed by atoms with Crippen molar-refractivity contribution in [2.45, 2.75) is 52.2 Å². The molecule has 1 saturated carbocycles. The summed E-state index contributed by atoms with van der Waals surface area (Å²) in [5.74, 6) is 1.65. The molecule has 4 atom stereocenters. The molecule has 0 amide bonds. The Hall–Kier alpha value is -0.120. The van der Waals surface area contributed by atoms with Crippen molar-refractivity contribution in [3.63, 3.8) is 0 Å². The van der Waals surface area contributed by atoms with E-state index in [-0.39, 0.29) is 6.10 Å². The Bertz CT molecular complexity index is 187. The molecule has 3 nitrogen and oxygen atoms in total. The average molecular weight is 229 g/mol. The second kappa shape index (κ2) is 7.25. The van der Waals surface area contributed by atoms with Gasteiger partial charge in [0, 0.05) is 19.2 Å². The Morgan fingerprint density at radius 2 is 2.06 bits per heavy atom. The number of nitrogens with one attached hydrogen (secondary N) is 1. The van der Waals surface area contributed by atoms with Crippen LogP contribution in [-0.2, 0) is 4.74 Å². The molecule has 1 aliphatic rings. The van der Waals surface area contributed by atoms with Crippen LogP contribution in [0.2, 0.25) is 0 Å². The lowest BCUT2D eigenvalue weighted by molar-refractivity contribution is 0.0396. The first-order valence-electron chi connectivity index (χ1n) is 6.62. The van der Waals surface area contributed by atoms with Gasteiger partial charge in [0.1, 0.15) is 0 Å². The number of hydrogen-bond donors (Lipinski definition) is 2. The molecule has 3 heteroatoms. The number of hydrogen-bond acceptors (Lipinski definition) is 3. The monoisotopic (exact) mass is 229 g/mol. The second-order valence-corrected chi connectivity index (χ2v) is 5.19. The first-order valence-corrected chi connectivity index (χ1v) is 6.62. The fraction of sp³-hybridized carbons (Fsp3) is 1.00. The zero-order valence-electron chi connectivity index (χ0n) is 10.9. The molecular formula is C13H27NO2. The first-order chi connectivity index (χ1) is 7.63. The van der Waals surface area contributed by atoms with Gasteiger partial charge in [-0.3, -0.25) is 0 Å². The molecule has 0 spiro atoms. The topological polar surface area (TPSA) is 41.5 Å². The molecule has 1 fully saturated rings. The minimum absolute atomic E-state index is 0.366. The number of ether oxygens (including phenoxy) is 1. The molecule has 0 radical (unpaired) electrons. The van der Waals surface area contributed by atoms with Crippen molar-refractivity contribution in [2.24, 2.45) is 11.8 Å². The third-order valence-electron chi connectivity index (χ3n) is 3.75. The molecule has 1 rings (SSSR count). The summed E-state index contributed by atoms with van der Waals surface area (Å²) >= 11 is 0. The van der Waals surface area contributed by atoms with E-state index in [9.17, 15) is 5.11 Å². The van der Waals surface area contributed by atoms with Gasteiger partial charge in [-0.1, -0.05) is 13.8 Å². The van der Waals surface area contributed by atoms with Crippen molar-refractivity contribution >= 4 is 0 Å². The van der Waals surface area contributed by atoms with E-state index in [2.05, 4.69) is 19.2 Å². The maximum absolute atomic E-state index is 9.64. The summed E-state index contributed by atoms with van der Waals surface area (Å²) in [7, 11) is 0. The van der Waals surface area contributed by atoms with Gasteiger partial charge in [0.2, 0.25) is 0 Å². The van der Waals surface area contributed by atoms with Crippen LogP contribution in [0.5, 0.6) is 0 Å². The molecule has 1 aliphatic carbocycles. The number of aliphatic hydroxyl groups excluding tert-OH is 1. The largest absolute Gasteiger partial charge is 0.389 e. The lowest BCUT2D eigenvalue weighted by Crippen LogP contribution is -2.41. The molecule has 0 aromatic rings. The number of rotatable bonds is 6. The normalized spacial score (nSPS) is 32.6. The Labute approximate surface area is 99.6 Å². The van der Waals surface area contributed by atoms with Gasteiger partial charge in [0.25, 0.3) is 0 Å². The van der Waals surface area contributed by atoms with Crippen molar-refractivity contribution in [1.82, 2.24) is 5.32 Å². The van der Waals surface area contributed by atoms with Crippen LogP contribution in [0.15, 0.2) is 0 Å². The second-order valence-electron chi connectivity index (χ2n) is 5.19. The third kappa shape index (κ3) is 4.81. The summed E-state index contributed by atoms with van der Waals surface area (Å²) in [6.45, 7) is 8.40. The SMILES string of the molecule is CCOCC(O)CNC1CCC(C)C(C)C1. The van der Waals surface area contributed by atoms with Gasteiger partial charge < -0.3 is 15.2 Å². The van der Waals surface area contributed by atoms with E-state index in [1.165, 1.54) is 19.3 Å². The van der Waals surface area contributed by atoms with Crippen molar-refractivity contribution in [3.05, 3.63) is 0 Å². The van der Waals surface area contributed by atoms with E-state index < -0.39 is 0 Å². The van der Waals surface area contributed by atoms with E-state index in [0.29, 0.717) is 25.8 Å². The highest BCUT2D eigenvalue weighted by molar-refractivity contribution is 4.80. The highest BCUT2D eigenvalue weighted by Crippen LogP contribution is 2.29. The third-order valence-corrected chi connectivity index (χ3v) is 3.75. The van der Waals surface area contributed by atoms with Crippen LogP contribution >= 0.6 is 0 Å².